The van der Waals surface area contributed by atoms with Crippen molar-refractivity contribution in [1.29, 1.82) is 0 Å². The summed E-state index contributed by atoms with van der Waals surface area (Å²) in [6.07, 6.45) is 3.87. The SMILES string of the molecule is [C-]#[N+]c1ccc2c(c1)c1ccccc1n2-c1cccc2c1C1(c3ccccc3O2)c2cccnc2-c2ncc(N3c4ccccc4Sc4ccccc43)cc21. The predicted octanol–water partition coefficient (Wildman–Crippen LogP) is 12.5. The molecule has 0 radical (unpaired) electrons. The summed E-state index contributed by atoms with van der Waals surface area (Å²) in [5, 5.41) is 2.12. The van der Waals surface area contributed by atoms with Crippen molar-refractivity contribution in [3.8, 4) is 28.6 Å². The molecular weight excluding hydrogens is 695 g/mol. The second-order valence-corrected chi connectivity index (χ2v) is 15.1. The summed E-state index contributed by atoms with van der Waals surface area (Å²) < 4.78 is 9.27. The van der Waals surface area contributed by atoms with E-state index in [1.807, 2.05) is 36.7 Å². The van der Waals surface area contributed by atoms with Crippen LogP contribution in [0, 0.1) is 6.57 Å². The van der Waals surface area contributed by atoms with Gasteiger partial charge in [-0.05, 0) is 83.7 Å². The summed E-state index contributed by atoms with van der Waals surface area (Å²) in [5.41, 5.74) is 11.9. The number of fused-ring (bicyclic) bond motifs is 14. The van der Waals surface area contributed by atoms with Gasteiger partial charge < -0.3 is 14.2 Å². The van der Waals surface area contributed by atoms with Crippen LogP contribution in [0.3, 0.4) is 0 Å². The van der Waals surface area contributed by atoms with E-state index in [0.29, 0.717) is 5.69 Å². The van der Waals surface area contributed by atoms with Crippen LogP contribution in [0.4, 0.5) is 22.7 Å². The fourth-order valence-corrected chi connectivity index (χ4v) is 10.3. The quantitative estimate of drug-likeness (QED) is 0.166. The fourth-order valence-electron chi connectivity index (χ4n) is 9.21. The first-order valence-electron chi connectivity index (χ1n) is 18.2. The highest BCUT2D eigenvalue weighted by Crippen LogP contribution is 2.63. The lowest BCUT2D eigenvalue weighted by Gasteiger charge is -2.41. The van der Waals surface area contributed by atoms with Crippen molar-refractivity contribution in [2.45, 2.75) is 15.2 Å². The van der Waals surface area contributed by atoms with E-state index in [4.69, 9.17) is 21.3 Å². The van der Waals surface area contributed by atoms with Gasteiger partial charge in [-0.1, -0.05) is 90.6 Å². The smallest absolute Gasteiger partial charge is 0.188 e. The lowest BCUT2D eigenvalue weighted by Crippen LogP contribution is -2.34. The Labute approximate surface area is 320 Å². The van der Waals surface area contributed by atoms with Gasteiger partial charge in [0.15, 0.2) is 5.69 Å². The lowest BCUT2D eigenvalue weighted by molar-refractivity contribution is 0.435. The van der Waals surface area contributed by atoms with Gasteiger partial charge >= 0.3 is 0 Å². The van der Waals surface area contributed by atoms with Crippen LogP contribution in [0.25, 0.3) is 43.7 Å². The molecule has 6 aromatic carbocycles. The molecule has 12 rings (SSSR count). The van der Waals surface area contributed by atoms with Gasteiger partial charge in [0.1, 0.15) is 11.5 Å². The third-order valence-electron chi connectivity index (χ3n) is 11.3. The van der Waals surface area contributed by atoms with Crippen LogP contribution in [0.15, 0.2) is 174 Å². The van der Waals surface area contributed by atoms with E-state index in [9.17, 15) is 0 Å². The number of nitrogens with zero attached hydrogens (tertiary/aromatic N) is 5. The van der Waals surface area contributed by atoms with Gasteiger partial charge in [0.2, 0.25) is 0 Å². The topological polar surface area (TPSA) is 47.5 Å². The van der Waals surface area contributed by atoms with E-state index in [0.717, 1.165) is 89.7 Å². The van der Waals surface area contributed by atoms with Crippen molar-refractivity contribution in [2.24, 2.45) is 0 Å². The molecule has 3 aromatic heterocycles. The Kier molecular flexibility index (Phi) is 6.17. The highest BCUT2D eigenvalue weighted by atomic mass is 32.2. The molecule has 0 N–H and O–H groups in total. The largest absolute Gasteiger partial charge is 0.457 e. The molecular formula is C48H27N5OS. The van der Waals surface area contributed by atoms with E-state index in [1.165, 1.54) is 9.79 Å². The molecule has 256 valence electrons. The minimum Gasteiger partial charge on any atom is -0.457 e. The molecule has 5 heterocycles. The molecule has 3 aliphatic rings. The molecule has 9 aromatic rings. The van der Waals surface area contributed by atoms with Crippen molar-refractivity contribution in [3.63, 3.8) is 0 Å². The summed E-state index contributed by atoms with van der Waals surface area (Å²) in [6.45, 7) is 7.80. The number of hydrogen-bond acceptors (Lipinski definition) is 5. The van der Waals surface area contributed by atoms with E-state index in [1.54, 1.807) is 11.8 Å². The summed E-state index contributed by atoms with van der Waals surface area (Å²) in [6, 6.07) is 53.0. The fraction of sp³-hybridized carbons (Fsp3) is 0.0208. The third kappa shape index (κ3) is 3.98. The Balaban J connectivity index is 1.22. The standard InChI is InChI=1S/C48H27N5OS/c1-49-29-23-24-37-32(26-29)31-12-2-4-15-36(31)53(37)40-18-10-20-42-45(40)48(33-13-3-7-19-41(33)54-42)34-14-11-25-50-46(34)47-35(48)27-30(28-51-47)52-38-16-5-8-21-43(38)55-44-22-9-6-17-39(44)52/h2-28H. The molecule has 2 aliphatic heterocycles. The maximum absolute atomic E-state index is 7.80. The number of hydrogen-bond donors (Lipinski definition) is 0. The van der Waals surface area contributed by atoms with Crippen LogP contribution in [0.2, 0.25) is 0 Å². The van der Waals surface area contributed by atoms with Crippen LogP contribution in [0.1, 0.15) is 22.3 Å². The van der Waals surface area contributed by atoms with Crippen LogP contribution in [-0.4, -0.2) is 14.5 Å². The first-order chi connectivity index (χ1) is 27.2. The Morgan fingerprint density at radius 2 is 1.27 bits per heavy atom. The second-order valence-electron chi connectivity index (χ2n) is 14.0. The van der Waals surface area contributed by atoms with Gasteiger partial charge in [-0.15, -0.1) is 0 Å². The van der Waals surface area contributed by atoms with Gasteiger partial charge in [-0.3, -0.25) is 9.97 Å². The van der Waals surface area contributed by atoms with E-state index >= 15 is 0 Å². The van der Waals surface area contributed by atoms with Gasteiger partial charge in [0.05, 0.1) is 63.4 Å². The molecule has 1 aliphatic carbocycles. The van der Waals surface area contributed by atoms with Crippen molar-refractivity contribution in [3.05, 3.63) is 198 Å². The number of benzene rings is 6. The van der Waals surface area contributed by atoms with Gasteiger partial charge in [-0.25, -0.2) is 4.85 Å². The average Bonchev–Trinajstić information content (AvgIpc) is 3.72. The highest BCUT2D eigenvalue weighted by Gasteiger charge is 2.54. The zero-order chi connectivity index (χ0) is 36.3. The highest BCUT2D eigenvalue weighted by molar-refractivity contribution is 7.99. The summed E-state index contributed by atoms with van der Waals surface area (Å²) in [5.74, 6) is 1.58. The maximum Gasteiger partial charge on any atom is 0.188 e. The number of ether oxygens (including phenoxy) is 1. The second kappa shape index (κ2) is 11.2. The van der Waals surface area contributed by atoms with Crippen molar-refractivity contribution in [2.75, 3.05) is 4.90 Å². The van der Waals surface area contributed by atoms with Gasteiger partial charge in [0.25, 0.3) is 0 Å². The van der Waals surface area contributed by atoms with E-state index in [2.05, 4.69) is 142 Å². The maximum atomic E-state index is 7.80. The van der Waals surface area contributed by atoms with E-state index in [-0.39, 0.29) is 0 Å². The molecule has 0 saturated heterocycles. The Bertz CT molecular complexity index is 3120. The molecule has 0 fully saturated rings. The minimum absolute atomic E-state index is 0.613. The Hall–Kier alpha value is -7.14. The number of rotatable bonds is 2. The third-order valence-corrected chi connectivity index (χ3v) is 12.5. The first-order valence-corrected chi connectivity index (χ1v) is 19.0. The van der Waals surface area contributed by atoms with Crippen molar-refractivity contribution in [1.82, 2.24) is 14.5 Å². The Morgan fingerprint density at radius 3 is 2.13 bits per heavy atom. The normalized spacial score (nSPS) is 15.7. The summed E-state index contributed by atoms with van der Waals surface area (Å²) in [4.78, 5) is 18.9. The molecule has 1 spiro atoms. The number of aromatic nitrogens is 3. The monoisotopic (exact) mass is 721 g/mol. The molecule has 0 saturated carbocycles. The van der Waals surface area contributed by atoms with E-state index < -0.39 is 5.41 Å². The molecule has 7 heteroatoms. The lowest BCUT2D eigenvalue weighted by atomic mass is 9.65. The van der Waals surface area contributed by atoms with Gasteiger partial charge in [-0.2, -0.15) is 0 Å². The summed E-state index contributed by atoms with van der Waals surface area (Å²) in [7, 11) is 0. The van der Waals surface area contributed by atoms with Gasteiger partial charge in [0, 0.05) is 38.1 Å². The zero-order valence-electron chi connectivity index (χ0n) is 29.1. The van der Waals surface area contributed by atoms with Crippen LogP contribution in [-0.2, 0) is 5.41 Å². The van der Waals surface area contributed by atoms with Crippen molar-refractivity contribution >= 4 is 56.3 Å². The van der Waals surface area contributed by atoms with Crippen LogP contribution >= 0.6 is 11.8 Å². The van der Waals surface area contributed by atoms with Crippen LogP contribution < -0.4 is 9.64 Å². The summed E-state index contributed by atoms with van der Waals surface area (Å²) >= 11 is 1.80. The predicted molar refractivity (Wildman–Crippen MR) is 219 cm³/mol. The molecule has 1 unspecified atom stereocenters. The molecule has 0 bridgehead atoms. The number of pyridine rings is 2. The number of para-hydroxylation sites is 4. The Morgan fingerprint density at radius 1 is 0.582 bits per heavy atom. The van der Waals surface area contributed by atoms with Crippen LogP contribution in [0.5, 0.6) is 11.5 Å². The molecule has 0 amide bonds. The average molecular weight is 722 g/mol. The van der Waals surface area contributed by atoms with Crippen molar-refractivity contribution < 1.29 is 4.74 Å². The zero-order valence-corrected chi connectivity index (χ0v) is 30.0. The molecule has 55 heavy (non-hydrogen) atoms. The molecule has 6 nitrogen and oxygen atoms in total. The number of anilines is 3. The molecule has 1 atom stereocenters. The minimum atomic E-state index is -0.847. The first kappa shape index (κ1) is 30.3.